The lowest BCUT2D eigenvalue weighted by atomic mass is 9.98. The number of hydrogen-bond donors (Lipinski definition) is 1. The fraction of sp³-hybridized carbons (Fsp3) is 0.500. The second-order valence-corrected chi connectivity index (χ2v) is 6.36. The molecule has 3 rings (SSSR count). The van der Waals surface area contributed by atoms with Crippen molar-refractivity contribution in [2.45, 2.75) is 39.3 Å². The van der Waals surface area contributed by atoms with Crippen LogP contribution in [0.4, 0.5) is 5.69 Å². The summed E-state index contributed by atoms with van der Waals surface area (Å²) in [6.45, 7) is 8.98. The third-order valence-electron chi connectivity index (χ3n) is 4.63. The van der Waals surface area contributed by atoms with Crippen molar-refractivity contribution < 1.29 is 0 Å². The lowest BCUT2D eigenvalue weighted by Crippen LogP contribution is -2.58. The van der Waals surface area contributed by atoms with E-state index >= 15 is 0 Å². The molecule has 1 fully saturated rings. The highest BCUT2D eigenvalue weighted by Crippen LogP contribution is 2.25. The summed E-state index contributed by atoms with van der Waals surface area (Å²) in [4.78, 5) is 7.18. The van der Waals surface area contributed by atoms with Crippen LogP contribution in [-0.4, -0.2) is 30.2 Å². The first-order valence-electron chi connectivity index (χ1n) is 8.04. The standard InChI is InChI=1S/C18H25N3/c1-4-15-10-20-18(13(2)3)12-21(15)16-9-14-7-5-6-8-17(14)19-11-16/h5-9,11,13,15,18,20H,4,10,12H2,1-3H3. The number of aromatic nitrogens is 1. The molecule has 2 unspecified atom stereocenters. The zero-order valence-electron chi connectivity index (χ0n) is 13.2. The fourth-order valence-electron chi connectivity index (χ4n) is 3.17. The van der Waals surface area contributed by atoms with E-state index in [1.807, 2.05) is 12.3 Å². The van der Waals surface area contributed by atoms with E-state index in [1.54, 1.807) is 0 Å². The van der Waals surface area contributed by atoms with Gasteiger partial charge in [0.25, 0.3) is 0 Å². The molecule has 0 radical (unpaired) electrons. The van der Waals surface area contributed by atoms with Crippen LogP contribution in [0.1, 0.15) is 27.2 Å². The summed E-state index contributed by atoms with van der Waals surface area (Å²) >= 11 is 0. The largest absolute Gasteiger partial charge is 0.364 e. The number of benzene rings is 1. The van der Waals surface area contributed by atoms with Gasteiger partial charge in [-0.1, -0.05) is 39.0 Å². The van der Waals surface area contributed by atoms with Gasteiger partial charge in [0.1, 0.15) is 0 Å². The van der Waals surface area contributed by atoms with Gasteiger partial charge in [0.05, 0.1) is 17.4 Å². The van der Waals surface area contributed by atoms with Crippen molar-refractivity contribution in [2.24, 2.45) is 5.92 Å². The Balaban J connectivity index is 1.93. The molecule has 0 saturated carbocycles. The average molecular weight is 283 g/mol. The van der Waals surface area contributed by atoms with Crippen molar-refractivity contribution in [3.05, 3.63) is 36.5 Å². The highest BCUT2D eigenvalue weighted by molar-refractivity contribution is 5.81. The predicted molar refractivity (Wildman–Crippen MR) is 89.8 cm³/mol. The highest BCUT2D eigenvalue weighted by atomic mass is 15.2. The van der Waals surface area contributed by atoms with Gasteiger partial charge < -0.3 is 10.2 Å². The summed E-state index contributed by atoms with van der Waals surface area (Å²) in [6, 6.07) is 11.7. The summed E-state index contributed by atoms with van der Waals surface area (Å²) < 4.78 is 0. The molecule has 1 aliphatic heterocycles. The minimum absolute atomic E-state index is 0.555. The normalized spacial score (nSPS) is 23.0. The van der Waals surface area contributed by atoms with Gasteiger partial charge in [0.15, 0.2) is 0 Å². The van der Waals surface area contributed by atoms with Crippen LogP contribution >= 0.6 is 0 Å². The molecule has 2 heterocycles. The Morgan fingerprint density at radius 3 is 2.90 bits per heavy atom. The number of anilines is 1. The Morgan fingerprint density at radius 1 is 1.33 bits per heavy atom. The molecular weight excluding hydrogens is 258 g/mol. The second kappa shape index (κ2) is 6.02. The molecule has 112 valence electrons. The zero-order chi connectivity index (χ0) is 14.8. The summed E-state index contributed by atoms with van der Waals surface area (Å²) in [6.07, 6.45) is 3.19. The van der Waals surface area contributed by atoms with Crippen LogP contribution in [-0.2, 0) is 0 Å². The van der Waals surface area contributed by atoms with E-state index in [4.69, 9.17) is 0 Å². The molecule has 1 aromatic carbocycles. The highest BCUT2D eigenvalue weighted by Gasteiger charge is 2.28. The first kappa shape index (κ1) is 14.3. The van der Waals surface area contributed by atoms with Gasteiger partial charge in [-0.05, 0) is 24.5 Å². The van der Waals surface area contributed by atoms with Crippen molar-refractivity contribution >= 4 is 16.6 Å². The Bertz CT molecular complexity index is 608. The number of fused-ring (bicyclic) bond motifs is 1. The number of nitrogens with zero attached hydrogens (tertiary/aromatic N) is 2. The number of para-hydroxylation sites is 1. The smallest absolute Gasteiger partial charge is 0.0703 e. The molecule has 0 amide bonds. The number of piperazine rings is 1. The van der Waals surface area contributed by atoms with Gasteiger partial charge in [-0.2, -0.15) is 0 Å². The molecule has 3 heteroatoms. The molecular formula is C18H25N3. The minimum Gasteiger partial charge on any atom is -0.364 e. The van der Waals surface area contributed by atoms with E-state index in [0.717, 1.165) is 25.0 Å². The first-order chi connectivity index (χ1) is 10.2. The molecule has 2 atom stereocenters. The number of rotatable bonds is 3. The minimum atomic E-state index is 0.555. The number of pyridine rings is 1. The van der Waals surface area contributed by atoms with Gasteiger partial charge in [0, 0.05) is 30.6 Å². The van der Waals surface area contributed by atoms with Gasteiger partial charge in [-0.3, -0.25) is 4.98 Å². The van der Waals surface area contributed by atoms with Crippen molar-refractivity contribution in [2.75, 3.05) is 18.0 Å². The Kier molecular flexibility index (Phi) is 4.11. The van der Waals surface area contributed by atoms with Gasteiger partial charge in [-0.15, -0.1) is 0 Å². The van der Waals surface area contributed by atoms with Crippen molar-refractivity contribution in [3.8, 4) is 0 Å². The van der Waals surface area contributed by atoms with Crippen molar-refractivity contribution in [3.63, 3.8) is 0 Å². The van der Waals surface area contributed by atoms with Crippen LogP contribution < -0.4 is 10.2 Å². The third-order valence-corrected chi connectivity index (χ3v) is 4.63. The van der Waals surface area contributed by atoms with Crippen LogP contribution in [0, 0.1) is 5.92 Å². The Hall–Kier alpha value is -1.61. The fourth-order valence-corrected chi connectivity index (χ4v) is 3.17. The van der Waals surface area contributed by atoms with Crippen LogP contribution in [0.2, 0.25) is 0 Å². The van der Waals surface area contributed by atoms with Crippen LogP contribution in [0.5, 0.6) is 0 Å². The monoisotopic (exact) mass is 283 g/mol. The van der Waals surface area contributed by atoms with E-state index in [-0.39, 0.29) is 0 Å². The van der Waals surface area contributed by atoms with E-state index in [2.05, 4.69) is 60.2 Å². The zero-order valence-corrected chi connectivity index (χ0v) is 13.2. The lowest BCUT2D eigenvalue weighted by Gasteiger charge is -2.43. The maximum Gasteiger partial charge on any atom is 0.0703 e. The average Bonchev–Trinajstić information content (AvgIpc) is 2.53. The van der Waals surface area contributed by atoms with E-state index < -0.39 is 0 Å². The number of hydrogen-bond acceptors (Lipinski definition) is 3. The molecule has 2 aromatic rings. The van der Waals surface area contributed by atoms with Gasteiger partial charge in [0.2, 0.25) is 0 Å². The second-order valence-electron chi connectivity index (χ2n) is 6.36. The van der Waals surface area contributed by atoms with Crippen molar-refractivity contribution in [1.82, 2.24) is 10.3 Å². The van der Waals surface area contributed by atoms with Crippen molar-refractivity contribution in [1.29, 1.82) is 0 Å². The third kappa shape index (κ3) is 2.88. The van der Waals surface area contributed by atoms with Crippen LogP contribution in [0.25, 0.3) is 10.9 Å². The summed E-state index contributed by atoms with van der Waals surface area (Å²) in [5.41, 5.74) is 2.33. The summed E-state index contributed by atoms with van der Waals surface area (Å²) in [5, 5.41) is 4.92. The maximum absolute atomic E-state index is 4.63. The number of nitrogens with one attached hydrogen (secondary N) is 1. The SMILES string of the molecule is CCC1CNC(C(C)C)CN1c1cnc2ccccc2c1. The Labute approximate surface area is 127 Å². The molecule has 0 spiro atoms. The molecule has 1 saturated heterocycles. The van der Waals surface area contributed by atoms with Gasteiger partial charge >= 0.3 is 0 Å². The van der Waals surface area contributed by atoms with Gasteiger partial charge in [-0.25, -0.2) is 0 Å². The molecule has 0 bridgehead atoms. The van der Waals surface area contributed by atoms with Crippen LogP contribution in [0.3, 0.4) is 0 Å². The summed E-state index contributed by atoms with van der Waals surface area (Å²) in [7, 11) is 0. The van der Waals surface area contributed by atoms with E-state index in [0.29, 0.717) is 18.0 Å². The van der Waals surface area contributed by atoms with E-state index in [1.165, 1.54) is 11.1 Å². The van der Waals surface area contributed by atoms with E-state index in [9.17, 15) is 0 Å². The lowest BCUT2D eigenvalue weighted by molar-refractivity contribution is 0.325. The topological polar surface area (TPSA) is 28.2 Å². The maximum atomic E-state index is 4.63. The first-order valence-corrected chi connectivity index (χ1v) is 8.04. The predicted octanol–water partition coefficient (Wildman–Crippen LogP) is 3.45. The summed E-state index contributed by atoms with van der Waals surface area (Å²) in [5.74, 6) is 0.652. The van der Waals surface area contributed by atoms with Crippen LogP contribution in [0.15, 0.2) is 36.5 Å². The Morgan fingerprint density at radius 2 is 2.14 bits per heavy atom. The molecule has 3 nitrogen and oxygen atoms in total. The molecule has 1 N–H and O–H groups in total. The molecule has 1 aromatic heterocycles. The quantitative estimate of drug-likeness (QED) is 0.935. The molecule has 1 aliphatic rings. The molecule has 21 heavy (non-hydrogen) atoms. The molecule has 0 aliphatic carbocycles.